The highest BCUT2D eigenvalue weighted by molar-refractivity contribution is 6.17. The predicted molar refractivity (Wildman–Crippen MR) is 71.9 cm³/mol. The number of aryl methyl sites for hydroxylation is 1. The van der Waals surface area contributed by atoms with E-state index in [4.69, 9.17) is 16.0 Å². The SMILES string of the molecule is Cc1oc(C(=O)NC2CCCCC2C)cc1CCl. The molecule has 3 nitrogen and oxygen atoms in total. The fourth-order valence-corrected chi connectivity index (χ4v) is 2.80. The summed E-state index contributed by atoms with van der Waals surface area (Å²) in [6, 6.07) is 2.02. The van der Waals surface area contributed by atoms with Crippen LogP contribution in [0, 0.1) is 12.8 Å². The molecule has 1 fully saturated rings. The molecule has 1 aliphatic rings. The van der Waals surface area contributed by atoms with Crippen LogP contribution in [0.4, 0.5) is 0 Å². The molecule has 1 aromatic rings. The molecule has 2 rings (SSSR count). The minimum atomic E-state index is -0.117. The second kappa shape index (κ2) is 5.79. The molecule has 1 heterocycles. The summed E-state index contributed by atoms with van der Waals surface area (Å²) in [4.78, 5) is 12.1. The van der Waals surface area contributed by atoms with E-state index in [0.717, 1.165) is 17.7 Å². The lowest BCUT2D eigenvalue weighted by Gasteiger charge is -2.29. The fraction of sp³-hybridized carbons (Fsp3) is 0.643. The second-order valence-corrected chi connectivity index (χ2v) is 5.43. The van der Waals surface area contributed by atoms with Gasteiger partial charge < -0.3 is 9.73 Å². The number of carbonyl (C=O) groups is 1. The Balaban J connectivity index is 2.02. The third-order valence-corrected chi connectivity index (χ3v) is 4.10. The maximum absolute atomic E-state index is 12.1. The highest BCUT2D eigenvalue weighted by Crippen LogP contribution is 2.24. The first-order valence-electron chi connectivity index (χ1n) is 6.58. The van der Waals surface area contributed by atoms with Crippen molar-refractivity contribution in [3.05, 3.63) is 23.2 Å². The van der Waals surface area contributed by atoms with Crippen LogP contribution < -0.4 is 5.32 Å². The topological polar surface area (TPSA) is 42.2 Å². The average molecular weight is 270 g/mol. The normalized spacial score (nSPS) is 23.9. The molecule has 0 aromatic carbocycles. The van der Waals surface area contributed by atoms with E-state index in [1.807, 2.05) is 6.92 Å². The van der Waals surface area contributed by atoms with Crippen LogP contribution in [0.5, 0.6) is 0 Å². The van der Waals surface area contributed by atoms with E-state index in [2.05, 4.69) is 12.2 Å². The molecular weight excluding hydrogens is 250 g/mol. The van der Waals surface area contributed by atoms with Gasteiger partial charge in [0.15, 0.2) is 5.76 Å². The van der Waals surface area contributed by atoms with Gasteiger partial charge in [-0.1, -0.05) is 19.8 Å². The van der Waals surface area contributed by atoms with E-state index in [0.29, 0.717) is 17.6 Å². The summed E-state index contributed by atoms with van der Waals surface area (Å²) in [5, 5.41) is 3.07. The Morgan fingerprint density at radius 1 is 1.50 bits per heavy atom. The van der Waals surface area contributed by atoms with Crippen molar-refractivity contribution in [3.8, 4) is 0 Å². The number of alkyl halides is 1. The zero-order valence-corrected chi connectivity index (χ0v) is 11.7. The third kappa shape index (κ3) is 2.89. The minimum Gasteiger partial charge on any atom is -0.456 e. The molecule has 0 spiro atoms. The maximum atomic E-state index is 12.1. The second-order valence-electron chi connectivity index (χ2n) is 5.17. The molecule has 2 atom stereocenters. The molecule has 18 heavy (non-hydrogen) atoms. The predicted octanol–water partition coefficient (Wildman–Crippen LogP) is 3.64. The van der Waals surface area contributed by atoms with Crippen LogP contribution in [0.25, 0.3) is 0 Å². The van der Waals surface area contributed by atoms with Crippen molar-refractivity contribution in [2.45, 2.75) is 51.5 Å². The van der Waals surface area contributed by atoms with Gasteiger partial charge in [-0.2, -0.15) is 0 Å². The zero-order chi connectivity index (χ0) is 13.1. The van der Waals surface area contributed by atoms with Crippen LogP contribution in [0.15, 0.2) is 10.5 Å². The number of hydrogen-bond donors (Lipinski definition) is 1. The van der Waals surface area contributed by atoms with Gasteiger partial charge in [-0.15, -0.1) is 11.6 Å². The molecule has 0 saturated heterocycles. The Hall–Kier alpha value is -0.960. The molecule has 1 aromatic heterocycles. The number of rotatable bonds is 3. The number of furan rings is 1. The van der Waals surface area contributed by atoms with Gasteiger partial charge in [0.1, 0.15) is 5.76 Å². The van der Waals surface area contributed by atoms with Crippen molar-refractivity contribution >= 4 is 17.5 Å². The third-order valence-electron chi connectivity index (χ3n) is 3.82. The smallest absolute Gasteiger partial charge is 0.287 e. The first-order valence-corrected chi connectivity index (χ1v) is 7.11. The monoisotopic (exact) mass is 269 g/mol. The quantitative estimate of drug-likeness (QED) is 0.852. The van der Waals surface area contributed by atoms with Crippen LogP contribution in [-0.2, 0) is 5.88 Å². The highest BCUT2D eigenvalue weighted by atomic mass is 35.5. The molecule has 0 bridgehead atoms. The van der Waals surface area contributed by atoms with Crippen molar-refractivity contribution in [1.29, 1.82) is 0 Å². The molecule has 4 heteroatoms. The lowest BCUT2D eigenvalue weighted by molar-refractivity contribution is 0.0880. The van der Waals surface area contributed by atoms with E-state index in [1.54, 1.807) is 6.07 Å². The number of carbonyl (C=O) groups excluding carboxylic acids is 1. The Morgan fingerprint density at radius 3 is 2.83 bits per heavy atom. The first kappa shape index (κ1) is 13.5. The molecule has 1 N–H and O–H groups in total. The number of amides is 1. The molecular formula is C14H20ClNO2. The summed E-state index contributed by atoms with van der Waals surface area (Å²) in [7, 11) is 0. The van der Waals surface area contributed by atoms with Crippen LogP contribution >= 0.6 is 11.6 Å². The van der Waals surface area contributed by atoms with Crippen molar-refractivity contribution in [3.63, 3.8) is 0 Å². The van der Waals surface area contributed by atoms with Gasteiger partial charge in [-0.3, -0.25) is 4.79 Å². The molecule has 0 radical (unpaired) electrons. The summed E-state index contributed by atoms with van der Waals surface area (Å²) >= 11 is 5.77. The maximum Gasteiger partial charge on any atom is 0.287 e. The molecule has 1 saturated carbocycles. The van der Waals surface area contributed by atoms with Crippen molar-refractivity contribution < 1.29 is 9.21 Å². The molecule has 100 valence electrons. The fourth-order valence-electron chi connectivity index (χ4n) is 2.53. The molecule has 1 amide bonds. The summed E-state index contributed by atoms with van der Waals surface area (Å²) < 4.78 is 5.45. The lowest BCUT2D eigenvalue weighted by atomic mass is 9.86. The Bertz CT molecular complexity index is 427. The van der Waals surface area contributed by atoms with Crippen molar-refractivity contribution in [2.75, 3.05) is 0 Å². The van der Waals surface area contributed by atoms with Crippen LogP contribution in [0.3, 0.4) is 0 Å². The van der Waals surface area contributed by atoms with Crippen LogP contribution in [-0.4, -0.2) is 11.9 Å². The minimum absolute atomic E-state index is 0.117. The first-order chi connectivity index (χ1) is 8.61. The summed E-state index contributed by atoms with van der Waals surface area (Å²) in [5.41, 5.74) is 0.888. The zero-order valence-electron chi connectivity index (χ0n) is 11.0. The van der Waals surface area contributed by atoms with E-state index in [9.17, 15) is 4.79 Å². The van der Waals surface area contributed by atoms with Crippen LogP contribution in [0.2, 0.25) is 0 Å². The number of hydrogen-bond acceptors (Lipinski definition) is 2. The summed E-state index contributed by atoms with van der Waals surface area (Å²) in [6.07, 6.45) is 4.72. The largest absolute Gasteiger partial charge is 0.456 e. The molecule has 0 aliphatic heterocycles. The Kier molecular flexibility index (Phi) is 4.33. The van der Waals surface area contributed by atoms with Crippen LogP contribution in [0.1, 0.15) is 54.5 Å². The standard InChI is InChI=1S/C14H20ClNO2/c1-9-5-3-4-6-12(9)16-14(17)13-7-11(8-15)10(2)18-13/h7,9,12H,3-6,8H2,1-2H3,(H,16,17). The van der Waals surface area contributed by atoms with E-state index in [-0.39, 0.29) is 11.9 Å². The summed E-state index contributed by atoms with van der Waals surface area (Å²) in [5.74, 6) is 1.91. The van der Waals surface area contributed by atoms with Gasteiger partial charge in [0.25, 0.3) is 5.91 Å². The Labute approximate surface area is 113 Å². The highest BCUT2D eigenvalue weighted by Gasteiger charge is 2.24. The molecule has 1 aliphatic carbocycles. The van der Waals surface area contributed by atoms with Gasteiger partial charge in [0, 0.05) is 11.6 Å². The Morgan fingerprint density at radius 2 is 2.22 bits per heavy atom. The van der Waals surface area contributed by atoms with Gasteiger partial charge >= 0.3 is 0 Å². The lowest BCUT2D eigenvalue weighted by Crippen LogP contribution is -2.40. The van der Waals surface area contributed by atoms with E-state index in [1.165, 1.54) is 19.3 Å². The summed E-state index contributed by atoms with van der Waals surface area (Å²) in [6.45, 7) is 4.03. The van der Waals surface area contributed by atoms with Gasteiger partial charge in [-0.05, 0) is 31.7 Å². The van der Waals surface area contributed by atoms with Gasteiger partial charge in [0.2, 0.25) is 0 Å². The van der Waals surface area contributed by atoms with Crippen molar-refractivity contribution in [1.82, 2.24) is 5.32 Å². The van der Waals surface area contributed by atoms with Gasteiger partial charge in [-0.25, -0.2) is 0 Å². The number of nitrogens with one attached hydrogen (secondary N) is 1. The average Bonchev–Trinajstić information content (AvgIpc) is 2.73. The van der Waals surface area contributed by atoms with E-state index >= 15 is 0 Å². The number of halogens is 1. The van der Waals surface area contributed by atoms with Crippen molar-refractivity contribution in [2.24, 2.45) is 5.92 Å². The van der Waals surface area contributed by atoms with Gasteiger partial charge in [0.05, 0.1) is 5.88 Å². The molecule has 2 unspecified atom stereocenters. The van der Waals surface area contributed by atoms with E-state index < -0.39 is 0 Å².